The second-order valence-corrected chi connectivity index (χ2v) is 25.7. The first-order chi connectivity index (χ1) is 49.5. The first-order valence-corrected chi connectivity index (χ1v) is 37.2. The number of hydrogen-bond acceptors (Lipinski definition) is 20. The summed E-state index contributed by atoms with van der Waals surface area (Å²) in [6, 6.07) is 35.5. The number of esters is 2. The van der Waals surface area contributed by atoms with Crippen molar-refractivity contribution in [1.29, 1.82) is 0 Å². The molecule has 0 spiro atoms. The van der Waals surface area contributed by atoms with E-state index in [9.17, 15) is 34.2 Å². The maximum Gasteiger partial charge on any atom is 0.316 e. The highest BCUT2D eigenvalue weighted by Crippen LogP contribution is 2.52. The summed E-state index contributed by atoms with van der Waals surface area (Å²) in [5, 5.41) is 48.4. The summed E-state index contributed by atoms with van der Waals surface area (Å²) < 4.78 is 68.2. The maximum absolute atomic E-state index is 11.5. The number of methoxy groups -OCH3 is 2. The molecule has 5 aliphatic rings. The van der Waals surface area contributed by atoms with E-state index in [1.54, 1.807) is 79.1 Å². The predicted octanol–water partition coefficient (Wildman–Crippen LogP) is 14.5. The number of aliphatic carboxylic acids is 3. The molecule has 103 heavy (non-hydrogen) atoms. The molecule has 0 aliphatic heterocycles. The molecule has 5 fully saturated rings. The lowest BCUT2D eigenvalue weighted by Crippen LogP contribution is -2.25. The number of hydrogen-bond donors (Lipinski definition) is 5. The van der Waals surface area contributed by atoms with Crippen LogP contribution in [-0.2, 0) is 98.4 Å². The van der Waals surface area contributed by atoms with Crippen LogP contribution in [0.25, 0.3) is 11.0 Å². The third-order valence-electron chi connectivity index (χ3n) is 17.6. The summed E-state index contributed by atoms with van der Waals surface area (Å²) in [6.45, 7) is 21.1. The Morgan fingerprint density at radius 2 is 0.641 bits per heavy atom. The van der Waals surface area contributed by atoms with Crippen molar-refractivity contribution in [1.82, 2.24) is 0 Å². The average molecular weight is 1570 g/mol. The molecule has 1 heterocycles. The number of benzene rings is 5. The van der Waals surface area contributed by atoms with Crippen LogP contribution < -0.4 is 9.47 Å². The molecule has 23 nitrogen and oxygen atoms in total. The molecule has 5 saturated carbocycles. The van der Waals surface area contributed by atoms with Gasteiger partial charge in [0.15, 0.2) is 25.2 Å². The lowest BCUT2D eigenvalue weighted by Gasteiger charge is -2.18. The van der Waals surface area contributed by atoms with E-state index in [1.807, 2.05) is 104 Å². The number of rotatable bonds is 34. The van der Waals surface area contributed by atoms with Crippen LogP contribution in [0.5, 0.6) is 23.0 Å². The monoisotopic (exact) mass is 1570 g/mol. The Labute approximate surface area is 621 Å². The summed E-state index contributed by atoms with van der Waals surface area (Å²) in [5.41, 5.74) is 2.43. The summed E-state index contributed by atoms with van der Waals surface area (Å²) in [7, 11) is 2.81. The number of alkyl halides is 2. The largest absolute Gasteiger partial charge is 0.508 e. The highest BCUT2D eigenvalue weighted by atomic mass is 79.9. The van der Waals surface area contributed by atoms with Crippen LogP contribution in [0.3, 0.4) is 0 Å². The van der Waals surface area contributed by atoms with E-state index in [4.69, 9.17) is 76.6 Å². The van der Waals surface area contributed by atoms with Gasteiger partial charge in [-0.3, -0.25) is 24.0 Å². The van der Waals surface area contributed by atoms with Gasteiger partial charge in [-0.05, 0) is 214 Å². The predicted molar refractivity (Wildman–Crippen MR) is 394 cm³/mol. The topological polar surface area (TPSA) is 310 Å². The van der Waals surface area contributed by atoms with Gasteiger partial charge in [-0.2, -0.15) is 0 Å². The average Bonchev–Trinajstić information content (AvgIpc) is 1.65. The molecule has 568 valence electrons. The number of phenolic OH excluding ortho intramolecular Hbond substituents is 2. The Balaban J connectivity index is 0.000000221. The van der Waals surface area contributed by atoms with E-state index in [0.29, 0.717) is 103 Å². The Kier molecular flexibility index (Phi) is 36.4. The minimum atomic E-state index is -0.746. The molecule has 5 aromatic carbocycles. The second-order valence-electron chi connectivity index (χ2n) is 24.4. The molecule has 0 amide bonds. The number of ether oxygens (including phenoxy) is 12. The summed E-state index contributed by atoms with van der Waals surface area (Å²) in [5.74, 6) is -0.762. The zero-order valence-electron chi connectivity index (χ0n) is 60.8. The Hall–Kier alpha value is -7.17. The van der Waals surface area contributed by atoms with E-state index in [2.05, 4.69) is 31.9 Å². The van der Waals surface area contributed by atoms with Crippen LogP contribution >= 0.6 is 31.9 Å². The van der Waals surface area contributed by atoms with E-state index < -0.39 is 45.0 Å². The second kappa shape index (κ2) is 43.3. The lowest BCUT2D eigenvalue weighted by atomic mass is 9.95. The van der Waals surface area contributed by atoms with Gasteiger partial charge >= 0.3 is 29.8 Å². The van der Waals surface area contributed by atoms with Crippen molar-refractivity contribution in [2.24, 2.45) is 0 Å². The molecule has 6 aromatic rings. The van der Waals surface area contributed by atoms with Gasteiger partial charge < -0.3 is 86.8 Å². The summed E-state index contributed by atoms with van der Waals surface area (Å²) in [6.07, 6.45) is 8.38. The number of carboxylic acids is 3. The molecular weight excluding hydrogens is 1460 g/mol. The minimum Gasteiger partial charge on any atom is -0.508 e. The first-order valence-electron chi connectivity index (χ1n) is 35.0. The number of halogens is 2. The molecule has 0 radical (unpaired) electrons. The molecule has 0 bridgehead atoms. The third-order valence-corrected chi connectivity index (χ3v) is 18.7. The number of furan rings is 1. The SMILES string of the molecule is CCOC(CBr)OCC.CCOC(CBr)OCC.CCOC(COc1ccc(C2(C(=O)O)CC2)cc1)OCC.CCOC(COc1ccc(C2(C(=O)O)CC2)cc1)OCC.COC(=O)C1(c2ccc(O)cc2)CC1.COC(=O)C1(c2ccc(O)cc2)CC1.O=C(O)C1(c2ccc3occc3c2)CC1. The van der Waals surface area contributed by atoms with Crippen molar-refractivity contribution >= 4 is 72.7 Å². The number of carboxylic acid groups (broad SMARTS) is 3. The Bertz CT molecular complexity index is 3270. The fourth-order valence-electron chi connectivity index (χ4n) is 11.1. The van der Waals surface area contributed by atoms with Crippen molar-refractivity contribution in [3.05, 3.63) is 155 Å². The van der Waals surface area contributed by atoms with E-state index in [0.717, 1.165) is 88.0 Å². The fourth-order valence-corrected chi connectivity index (χ4v) is 11.8. The molecular formula is C78H104Br2O23. The van der Waals surface area contributed by atoms with Gasteiger partial charge in [0.1, 0.15) is 41.8 Å². The van der Waals surface area contributed by atoms with Crippen LogP contribution in [0.4, 0.5) is 0 Å². The van der Waals surface area contributed by atoms with Gasteiger partial charge in [-0.15, -0.1) is 0 Å². The van der Waals surface area contributed by atoms with E-state index in [-0.39, 0.29) is 48.6 Å². The van der Waals surface area contributed by atoms with Gasteiger partial charge in [0.2, 0.25) is 0 Å². The van der Waals surface area contributed by atoms with Crippen LogP contribution in [0, 0.1) is 0 Å². The first kappa shape index (κ1) is 86.5. The van der Waals surface area contributed by atoms with Crippen LogP contribution in [0.15, 0.2) is 132 Å². The van der Waals surface area contributed by atoms with Crippen molar-refractivity contribution in [3.63, 3.8) is 0 Å². The zero-order chi connectivity index (χ0) is 75.6. The zero-order valence-corrected chi connectivity index (χ0v) is 64.0. The Morgan fingerprint density at radius 1 is 0.379 bits per heavy atom. The summed E-state index contributed by atoms with van der Waals surface area (Å²) in [4.78, 5) is 56.7. The van der Waals surface area contributed by atoms with Crippen LogP contribution in [-0.4, -0.2) is 171 Å². The van der Waals surface area contributed by atoms with Crippen LogP contribution in [0.2, 0.25) is 0 Å². The molecule has 0 atom stereocenters. The molecule has 5 N–H and O–H groups in total. The van der Waals surface area contributed by atoms with Gasteiger partial charge in [0.05, 0.1) is 58.2 Å². The van der Waals surface area contributed by atoms with Gasteiger partial charge in [-0.1, -0.05) is 86.5 Å². The summed E-state index contributed by atoms with van der Waals surface area (Å²) >= 11 is 6.54. The molecule has 0 unspecified atom stereocenters. The van der Waals surface area contributed by atoms with Gasteiger partial charge in [0, 0.05) is 58.2 Å². The normalized spacial score (nSPS) is 15.7. The third kappa shape index (κ3) is 25.6. The number of aromatic hydroxyl groups is 2. The number of carbonyl (C=O) groups is 5. The lowest BCUT2D eigenvalue weighted by molar-refractivity contribution is -0.152. The minimum absolute atomic E-state index is 0.0694. The highest BCUT2D eigenvalue weighted by Gasteiger charge is 2.55. The maximum atomic E-state index is 11.5. The van der Waals surface area contributed by atoms with Crippen molar-refractivity contribution in [2.45, 2.75) is 172 Å². The van der Waals surface area contributed by atoms with Crippen molar-refractivity contribution in [2.75, 3.05) is 90.9 Å². The van der Waals surface area contributed by atoms with Crippen molar-refractivity contribution in [3.8, 4) is 23.0 Å². The van der Waals surface area contributed by atoms with Crippen LogP contribution in [0.1, 0.15) is 147 Å². The van der Waals surface area contributed by atoms with E-state index in [1.165, 1.54) is 14.2 Å². The Morgan fingerprint density at radius 3 is 0.903 bits per heavy atom. The number of phenols is 2. The highest BCUT2D eigenvalue weighted by molar-refractivity contribution is 9.09. The molecule has 0 saturated heterocycles. The fraction of sp³-hybridized carbons (Fsp3) is 0.526. The van der Waals surface area contributed by atoms with Gasteiger partial charge in [-0.25, -0.2) is 0 Å². The smallest absolute Gasteiger partial charge is 0.316 e. The van der Waals surface area contributed by atoms with Crippen molar-refractivity contribution < 1.29 is 111 Å². The molecule has 25 heteroatoms. The number of fused-ring (bicyclic) bond motifs is 1. The standard InChI is InChI=1S/2C16H22O5.C12H10O3.2C11H12O3.2C6H13BrO2/c2*1-3-19-14(20-4-2)11-21-13-7-5-12(6-8-13)16(9-10-16)15(17)18;13-11(14)12(4-5-12)9-1-2-10-8(7-9)3-6-15-10;2*1-14-10(13)11(6-7-11)8-2-4-9(12)5-3-8;2*1-3-8-6(5-7)9-4-2/h2*5-8,14H,3-4,9-11H2,1-2H3,(H,17,18);1-3,6-7H,4-5H2,(H,13,14);2*2-5,12H,6-7H2,1H3;2*6H,3-5H2,1-2H3. The number of carbonyl (C=O) groups excluding carboxylic acids is 2. The molecule has 11 rings (SSSR count). The van der Waals surface area contributed by atoms with E-state index >= 15 is 0 Å². The quantitative estimate of drug-likeness (QED) is 0.0142. The molecule has 5 aliphatic carbocycles. The van der Waals surface area contributed by atoms with Gasteiger partial charge in [0.25, 0.3) is 0 Å². The molecule has 1 aromatic heterocycles.